The molecule has 3 heteroatoms. The molecule has 0 aliphatic rings. The van der Waals surface area contributed by atoms with Crippen molar-refractivity contribution in [2.45, 2.75) is 6.92 Å². The first-order valence-corrected chi connectivity index (χ1v) is 4.17. The lowest BCUT2D eigenvalue weighted by Gasteiger charge is -1.99. The zero-order valence-electron chi connectivity index (χ0n) is 6.08. The van der Waals surface area contributed by atoms with Crippen molar-refractivity contribution in [3.63, 3.8) is 0 Å². The summed E-state index contributed by atoms with van der Waals surface area (Å²) < 4.78 is 2.99. The van der Waals surface area contributed by atoms with Crippen molar-refractivity contribution in [2.24, 2.45) is 0 Å². The van der Waals surface area contributed by atoms with E-state index in [1.807, 2.05) is 29.6 Å². The van der Waals surface area contributed by atoms with Gasteiger partial charge in [0.1, 0.15) is 0 Å². The number of halogens is 1. The van der Waals surface area contributed by atoms with E-state index in [9.17, 15) is 0 Å². The molecule has 0 radical (unpaired) electrons. The summed E-state index contributed by atoms with van der Waals surface area (Å²) in [6.45, 7) is 2.03. The molecule has 0 spiro atoms. The van der Waals surface area contributed by atoms with Gasteiger partial charge in [-0.3, -0.25) is 0 Å². The molecule has 0 aliphatic heterocycles. The van der Waals surface area contributed by atoms with Crippen LogP contribution in [0.5, 0.6) is 0 Å². The second-order valence-electron chi connectivity index (χ2n) is 2.45. The number of pyridine rings is 1. The number of hydrogen-bond donors (Lipinski definition) is 0. The van der Waals surface area contributed by atoms with Gasteiger partial charge < -0.3 is 0 Å². The van der Waals surface area contributed by atoms with Gasteiger partial charge in [0.05, 0.1) is 11.7 Å². The highest BCUT2D eigenvalue weighted by Gasteiger charge is 1.99. The Hall–Kier alpha value is -0.830. The molecule has 0 unspecified atom stereocenters. The number of rotatable bonds is 0. The predicted octanol–water partition coefficient (Wildman–Crippen LogP) is 2.41. The molecule has 0 saturated heterocycles. The molecule has 2 aromatic heterocycles. The first-order valence-electron chi connectivity index (χ1n) is 3.38. The van der Waals surface area contributed by atoms with Crippen molar-refractivity contribution >= 4 is 21.4 Å². The van der Waals surface area contributed by atoms with E-state index in [4.69, 9.17) is 0 Å². The molecule has 0 aliphatic carbocycles. The molecule has 2 nitrogen and oxygen atoms in total. The molecule has 11 heavy (non-hydrogen) atoms. The Bertz CT molecular complexity index is 356. The van der Waals surface area contributed by atoms with Crippen LogP contribution in [0.25, 0.3) is 5.52 Å². The highest BCUT2D eigenvalue weighted by molar-refractivity contribution is 9.10. The van der Waals surface area contributed by atoms with Crippen molar-refractivity contribution in [3.8, 4) is 0 Å². The fraction of sp³-hybridized carbons (Fsp3) is 0.125. The molecule has 0 aromatic carbocycles. The highest BCUT2D eigenvalue weighted by atomic mass is 79.9. The van der Waals surface area contributed by atoms with Crippen molar-refractivity contribution in [3.05, 3.63) is 34.6 Å². The maximum atomic E-state index is 4.17. The van der Waals surface area contributed by atoms with E-state index in [1.165, 1.54) is 0 Å². The highest BCUT2D eigenvalue weighted by Crippen LogP contribution is 2.18. The monoisotopic (exact) mass is 210 g/mol. The third-order valence-corrected chi connectivity index (χ3v) is 2.36. The van der Waals surface area contributed by atoms with Gasteiger partial charge in [-0.05, 0) is 41.1 Å². The van der Waals surface area contributed by atoms with E-state index in [1.54, 1.807) is 6.20 Å². The van der Waals surface area contributed by atoms with Crippen LogP contribution in [-0.4, -0.2) is 9.61 Å². The van der Waals surface area contributed by atoms with Gasteiger partial charge in [0.15, 0.2) is 0 Å². The second kappa shape index (κ2) is 2.34. The molecular formula is C8H7BrN2. The first-order chi connectivity index (χ1) is 5.29. The topological polar surface area (TPSA) is 17.3 Å². The summed E-state index contributed by atoms with van der Waals surface area (Å²) in [4.78, 5) is 0. The standard InChI is InChI=1S/C8H7BrN2/c1-6-2-3-7(9)8-4-5-10-11(6)8/h2-5H,1H3. The maximum absolute atomic E-state index is 4.17. The second-order valence-corrected chi connectivity index (χ2v) is 3.31. The van der Waals surface area contributed by atoms with Crippen molar-refractivity contribution in [1.82, 2.24) is 9.61 Å². The average Bonchev–Trinajstić information content (AvgIpc) is 2.45. The molecule has 2 heterocycles. The van der Waals surface area contributed by atoms with Crippen molar-refractivity contribution in [2.75, 3.05) is 0 Å². The van der Waals surface area contributed by atoms with Gasteiger partial charge >= 0.3 is 0 Å². The van der Waals surface area contributed by atoms with Crippen molar-refractivity contribution in [1.29, 1.82) is 0 Å². The van der Waals surface area contributed by atoms with Crippen LogP contribution in [-0.2, 0) is 0 Å². The Kier molecular flexibility index (Phi) is 1.46. The summed E-state index contributed by atoms with van der Waals surface area (Å²) in [5, 5.41) is 4.17. The van der Waals surface area contributed by atoms with Crippen LogP contribution in [0.15, 0.2) is 28.9 Å². The molecule has 56 valence electrons. The molecule has 0 bridgehead atoms. The molecule has 0 N–H and O–H groups in total. The fourth-order valence-corrected chi connectivity index (χ4v) is 1.55. The minimum absolute atomic E-state index is 1.08. The van der Waals surface area contributed by atoms with Gasteiger partial charge in [0, 0.05) is 10.2 Å². The van der Waals surface area contributed by atoms with Gasteiger partial charge in [-0.2, -0.15) is 5.10 Å². The summed E-state index contributed by atoms with van der Waals surface area (Å²) in [5.74, 6) is 0. The molecule has 2 aromatic rings. The minimum Gasteiger partial charge on any atom is -0.237 e. The van der Waals surface area contributed by atoms with Crippen LogP contribution in [0.3, 0.4) is 0 Å². The lowest BCUT2D eigenvalue weighted by atomic mass is 10.3. The van der Waals surface area contributed by atoms with E-state index >= 15 is 0 Å². The van der Waals surface area contributed by atoms with Crippen LogP contribution in [0.4, 0.5) is 0 Å². The molecule has 0 amide bonds. The van der Waals surface area contributed by atoms with Gasteiger partial charge in [0.2, 0.25) is 0 Å². The summed E-state index contributed by atoms with van der Waals surface area (Å²) in [6, 6.07) is 6.05. The van der Waals surface area contributed by atoms with Crippen LogP contribution in [0, 0.1) is 6.92 Å². The van der Waals surface area contributed by atoms with Gasteiger partial charge in [-0.15, -0.1) is 0 Å². The third kappa shape index (κ3) is 0.959. The van der Waals surface area contributed by atoms with E-state index < -0.39 is 0 Å². The maximum Gasteiger partial charge on any atom is 0.0806 e. The lowest BCUT2D eigenvalue weighted by Crippen LogP contribution is -1.91. The van der Waals surface area contributed by atoms with Crippen LogP contribution in [0.2, 0.25) is 0 Å². The normalized spacial score (nSPS) is 10.7. The summed E-state index contributed by atoms with van der Waals surface area (Å²) in [6.07, 6.45) is 1.80. The Morgan fingerprint density at radius 3 is 2.91 bits per heavy atom. The van der Waals surface area contributed by atoms with Crippen LogP contribution in [0.1, 0.15) is 5.69 Å². The Morgan fingerprint density at radius 1 is 1.36 bits per heavy atom. The Labute approximate surface area is 73.0 Å². The Morgan fingerprint density at radius 2 is 2.18 bits per heavy atom. The van der Waals surface area contributed by atoms with Crippen LogP contribution >= 0.6 is 15.9 Å². The number of hydrogen-bond acceptors (Lipinski definition) is 1. The first kappa shape index (κ1) is 6.85. The summed E-state index contributed by atoms with van der Waals surface area (Å²) in [5.41, 5.74) is 2.26. The average molecular weight is 211 g/mol. The molecule has 0 saturated carbocycles. The smallest absolute Gasteiger partial charge is 0.0806 e. The quantitative estimate of drug-likeness (QED) is 0.653. The van der Waals surface area contributed by atoms with Gasteiger partial charge in [-0.1, -0.05) is 0 Å². The number of nitrogens with zero attached hydrogens (tertiary/aromatic N) is 2. The number of aromatic nitrogens is 2. The van der Waals surface area contributed by atoms with Crippen LogP contribution < -0.4 is 0 Å². The third-order valence-electron chi connectivity index (χ3n) is 1.69. The fourth-order valence-electron chi connectivity index (χ4n) is 1.11. The van der Waals surface area contributed by atoms with E-state index in [0.717, 1.165) is 15.7 Å². The summed E-state index contributed by atoms with van der Waals surface area (Å²) >= 11 is 3.45. The Balaban J connectivity index is 2.96. The number of fused-ring (bicyclic) bond motifs is 1. The minimum atomic E-state index is 1.08. The van der Waals surface area contributed by atoms with E-state index in [0.29, 0.717) is 0 Å². The zero-order chi connectivity index (χ0) is 7.84. The van der Waals surface area contributed by atoms with E-state index in [-0.39, 0.29) is 0 Å². The predicted molar refractivity (Wildman–Crippen MR) is 47.6 cm³/mol. The van der Waals surface area contributed by atoms with E-state index in [2.05, 4.69) is 21.0 Å². The molecular weight excluding hydrogens is 204 g/mol. The largest absolute Gasteiger partial charge is 0.237 e. The van der Waals surface area contributed by atoms with Crippen molar-refractivity contribution < 1.29 is 0 Å². The molecule has 2 rings (SSSR count). The van der Waals surface area contributed by atoms with Gasteiger partial charge in [-0.25, -0.2) is 4.52 Å². The molecule has 0 atom stereocenters. The van der Waals surface area contributed by atoms with Gasteiger partial charge in [0.25, 0.3) is 0 Å². The summed E-state index contributed by atoms with van der Waals surface area (Å²) in [7, 11) is 0. The zero-order valence-corrected chi connectivity index (χ0v) is 7.67. The molecule has 0 fully saturated rings. The SMILES string of the molecule is Cc1ccc(Br)c2ccnn12. The number of aryl methyl sites for hydroxylation is 1. The lowest BCUT2D eigenvalue weighted by molar-refractivity contribution is 0.912.